The molecule has 0 aliphatic carbocycles. The molecule has 0 spiro atoms. The molecule has 0 aliphatic heterocycles. The minimum atomic E-state index is -0.606. The second kappa shape index (κ2) is 3.08. The maximum Gasteiger partial charge on any atom is 0.173 e. The minimum Gasteiger partial charge on any atom is -0.409 e. The molecule has 1 rings (SSSR count). The van der Waals surface area contributed by atoms with Gasteiger partial charge in [-0.15, -0.1) is 0 Å². The fourth-order valence-corrected chi connectivity index (χ4v) is 0.793. The highest BCUT2D eigenvalue weighted by atomic mass is 19.1. The Balaban J connectivity index is 3.18. The molecule has 0 fully saturated rings. The molecule has 0 heterocycles. The number of anilines is 1. The van der Waals surface area contributed by atoms with E-state index >= 15 is 0 Å². The Hall–Kier alpha value is -1.78. The molecule has 0 amide bonds. The van der Waals surface area contributed by atoms with Gasteiger partial charge in [0, 0.05) is 5.69 Å². The van der Waals surface area contributed by atoms with E-state index in [4.69, 9.17) is 16.7 Å². The summed E-state index contributed by atoms with van der Waals surface area (Å²) < 4.78 is 12.9. The van der Waals surface area contributed by atoms with Crippen LogP contribution in [0.3, 0.4) is 0 Å². The van der Waals surface area contributed by atoms with Crippen molar-refractivity contribution in [2.45, 2.75) is 0 Å². The molecule has 5 N–H and O–H groups in total. The second-order valence-electron chi connectivity index (χ2n) is 2.22. The summed E-state index contributed by atoms with van der Waals surface area (Å²) in [6.45, 7) is 0. The first-order chi connectivity index (χ1) is 5.65. The molecule has 64 valence electrons. The van der Waals surface area contributed by atoms with Crippen LogP contribution in [-0.2, 0) is 0 Å². The van der Waals surface area contributed by atoms with Gasteiger partial charge in [-0.1, -0.05) is 5.16 Å². The molecule has 0 bridgehead atoms. The minimum absolute atomic E-state index is 0.0340. The first kappa shape index (κ1) is 8.32. The molecule has 0 aromatic heterocycles. The van der Waals surface area contributed by atoms with Gasteiger partial charge in [-0.25, -0.2) is 4.39 Å². The van der Waals surface area contributed by atoms with E-state index < -0.39 is 5.82 Å². The molecule has 5 heteroatoms. The van der Waals surface area contributed by atoms with Gasteiger partial charge in [-0.2, -0.15) is 0 Å². The number of oxime groups is 1. The molecule has 4 nitrogen and oxygen atoms in total. The van der Waals surface area contributed by atoms with E-state index in [0.717, 1.165) is 6.07 Å². The van der Waals surface area contributed by atoms with E-state index in [-0.39, 0.29) is 11.4 Å². The van der Waals surface area contributed by atoms with E-state index in [1.165, 1.54) is 12.1 Å². The number of rotatable bonds is 1. The number of benzene rings is 1. The molecule has 0 unspecified atom stereocenters. The second-order valence-corrected chi connectivity index (χ2v) is 2.22. The van der Waals surface area contributed by atoms with Crippen LogP contribution in [0, 0.1) is 5.82 Å². The molecule has 0 radical (unpaired) electrons. The Morgan fingerprint density at radius 3 is 2.67 bits per heavy atom. The lowest BCUT2D eigenvalue weighted by atomic mass is 10.2. The fourth-order valence-electron chi connectivity index (χ4n) is 0.793. The number of nitrogens with two attached hydrogens (primary N) is 2. The first-order valence-corrected chi connectivity index (χ1v) is 3.18. The third-order valence-electron chi connectivity index (χ3n) is 1.38. The van der Waals surface area contributed by atoms with Crippen molar-refractivity contribution >= 4 is 11.5 Å². The van der Waals surface area contributed by atoms with Crippen LogP contribution in [0.15, 0.2) is 23.4 Å². The monoisotopic (exact) mass is 169 g/mol. The number of hydrogen-bond donors (Lipinski definition) is 3. The molecule has 0 aliphatic rings. The highest BCUT2D eigenvalue weighted by molar-refractivity contribution is 5.97. The summed E-state index contributed by atoms with van der Waals surface area (Å²) in [7, 11) is 0. The Labute approximate surface area is 68.3 Å². The highest BCUT2D eigenvalue weighted by Crippen LogP contribution is 2.10. The lowest BCUT2D eigenvalue weighted by Gasteiger charge is -2.00. The van der Waals surface area contributed by atoms with Gasteiger partial charge in [0.15, 0.2) is 5.84 Å². The van der Waals surface area contributed by atoms with Crippen LogP contribution in [0.4, 0.5) is 10.1 Å². The number of nitrogens with zero attached hydrogens (tertiary/aromatic N) is 1. The highest BCUT2D eigenvalue weighted by Gasteiger charge is 2.05. The van der Waals surface area contributed by atoms with E-state index in [0.29, 0.717) is 5.69 Å². The maximum atomic E-state index is 12.9. The number of hydrogen-bond acceptors (Lipinski definition) is 3. The topological polar surface area (TPSA) is 84.6 Å². The zero-order chi connectivity index (χ0) is 9.14. The first-order valence-electron chi connectivity index (χ1n) is 3.18. The molecule has 1 aromatic rings. The number of amidine groups is 1. The third-order valence-corrected chi connectivity index (χ3v) is 1.38. The van der Waals surface area contributed by atoms with Crippen molar-refractivity contribution in [2.75, 3.05) is 5.73 Å². The van der Waals surface area contributed by atoms with Crippen LogP contribution >= 0.6 is 0 Å². The summed E-state index contributed by atoms with van der Waals surface area (Å²) in [5.74, 6) is -0.877. The van der Waals surface area contributed by atoms with Crippen LogP contribution in [-0.4, -0.2) is 11.0 Å². The average molecular weight is 169 g/mol. The van der Waals surface area contributed by atoms with Crippen LogP contribution in [0.1, 0.15) is 5.56 Å². The Morgan fingerprint density at radius 1 is 1.50 bits per heavy atom. The number of halogens is 1. The van der Waals surface area contributed by atoms with Gasteiger partial charge in [0.1, 0.15) is 5.82 Å². The van der Waals surface area contributed by atoms with Crippen molar-refractivity contribution in [1.82, 2.24) is 0 Å². The van der Waals surface area contributed by atoms with E-state index in [1.54, 1.807) is 0 Å². The molecular formula is C7H8FN3O. The Bertz CT molecular complexity index is 324. The molecule has 12 heavy (non-hydrogen) atoms. The lowest BCUT2D eigenvalue weighted by molar-refractivity contribution is 0.318. The van der Waals surface area contributed by atoms with Crippen LogP contribution in [0.25, 0.3) is 0 Å². The largest absolute Gasteiger partial charge is 0.409 e. The van der Waals surface area contributed by atoms with Crippen molar-refractivity contribution in [3.05, 3.63) is 29.6 Å². The normalized spacial score (nSPS) is 11.6. The van der Waals surface area contributed by atoms with Gasteiger partial charge >= 0.3 is 0 Å². The maximum absolute atomic E-state index is 12.9. The van der Waals surface area contributed by atoms with Crippen molar-refractivity contribution in [2.24, 2.45) is 10.9 Å². The van der Waals surface area contributed by atoms with Gasteiger partial charge in [-0.3, -0.25) is 0 Å². The summed E-state index contributed by atoms with van der Waals surface area (Å²) in [5.41, 5.74) is 10.8. The molecule has 1 aromatic carbocycles. The smallest absolute Gasteiger partial charge is 0.173 e. The van der Waals surface area contributed by atoms with Gasteiger partial charge in [-0.05, 0) is 18.2 Å². The summed E-state index contributed by atoms with van der Waals surface area (Å²) >= 11 is 0. The fraction of sp³-hybridized carbons (Fsp3) is 0. The van der Waals surface area contributed by atoms with Crippen molar-refractivity contribution < 1.29 is 9.60 Å². The molecule has 0 saturated heterocycles. The van der Waals surface area contributed by atoms with Crippen molar-refractivity contribution in [1.29, 1.82) is 0 Å². The Kier molecular flexibility index (Phi) is 2.14. The van der Waals surface area contributed by atoms with Gasteiger partial charge < -0.3 is 16.7 Å². The standard InChI is InChI=1S/C7H8FN3O/c8-6-3-4(9)1-2-5(6)7(10)11-12/h1-3,12H,9H2,(H2,10,11). The lowest BCUT2D eigenvalue weighted by Crippen LogP contribution is -2.15. The van der Waals surface area contributed by atoms with Gasteiger partial charge in [0.25, 0.3) is 0 Å². The summed E-state index contributed by atoms with van der Waals surface area (Å²) in [6.07, 6.45) is 0. The zero-order valence-corrected chi connectivity index (χ0v) is 6.16. The van der Waals surface area contributed by atoms with Gasteiger partial charge in [0.2, 0.25) is 0 Å². The van der Waals surface area contributed by atoms with Crippen LogP contribution < -0.4 is 11.5 Å². The summed E-state index contributed by atoms with van der Waals surface area (Å²) in [5, 5.41) is 10.9. The Morgan fingerprint density at radius 2 is 2.17 bits per heavy atom. The summed E-state index contributed by atoms with van der Waals surface area (Å²) in [6, 6.07) is 3.92. The van der Waals surface area contributed by atoms with Gasteiger partial charge in [0.05, 0.1) is 5.56 Å². The summed E-state index contributed by atoms with van der Waals surface area (Å²) in [4.78, 5) is 0. The molecule has 0 saturated carbocycles. The average Bonchev–Trinajstić information content (AvgIpc) is 2.03. The van der Waals surface area contributed by atoms with E-state index in [2.05, 4.69) is 5.16 Å². The predicted octanol–water partition coefficient (Wildman–Crippen LogP) is 0.502. The van der Waals surface area contributed by atoms with Crippen LogP contribution in [0.2, 0.25) is 0 Å². The zero-order valence-electron chi connectivity index (χ0n) is 6.16. The molecular weight excluding hydrogens is 161 g/mol. The van der Waals surface area contributed by atoms with E-state index in [1.807, 2.05) is 0 Å². The van der Waals surface area contributed by atoms with Crippen LogP contribution in [0.5, 0.6) is 0 Å². The van der Waals surface area contributed by atoms with Crippen molar-refractivity contribution in [3.63, 3.8) is 0 Å². The quantitative estimate of drug-likeness (QED) is 0.188. The number of nitrogen functional groups attached to an aromatic ring is 1. The SMILES string of the molecule is N/C(=N\O)c1ccc(N)cc1F. The van der Waals surface area contributed by atoms with Crippen molar-refractivity contribution in [3.8, 4) is 0 Å². The van der Waals surface area contributed by atoms with E-state index in [9.17, 15) is 4.39 Å². The molecule has 0 atom stereocenters. The predicted molar refractivity (Wildman–Crippen MR) is 43.3 cm³/mol. The third kappa shape index (κ3) is 1.45.